The van der Waals surface area contributed by atoms with E-state index in [1.165, 1.54) is 0 Å². The maximum Gasteiger partial charge on any atom is 1.00 e. The summed E-state index contributed by atoms with van der Waals surface area (Å²) in [5.74, 6) is 0.690. The average molecular weight is 294 g/mol. The van der Waals surface area contributed by atoms with Gasteiger partial charge in [-0.2, -0.15) is 12.8 Å². The van der Waals surface area contributed by atoms with Gasteiger partial charge in [-0.3, -0.25) is 0 Å². The van der Waals surface area contributed by atoms with Gasteiger partial charge in [0, 0.05) is 10.0 Å². The van der Waals surface area contributed by atoms with Crippen molar-refractivity contribution in [2.45, 2.75) is 25.2 Å². The molecule has 0 unspecified atom stereocenters. The van der Waals surface area contributed by atoms with Crippen LogP contribution in [0.15, 0.2) is 18.2 Å². The van der Waals surface area contributed by atoms with Crippen molar-refractivity contribution in [2.75, 3.05) is 6.54 Å². The number of rotatable bonds is 6. The first kappa shape index (κ1) is 21.7. The van der Waals surface area contributed by atoms with Crippen LogP contribution in [0.4, 0.5) is 0 Å². The van der Waals surface area contributed by atoms with Crippen molar-refractivity contribution in [1.29, 1.82) is 0 Å². The average Bonchev–Trinajstić information content (AvgIpc) is 2.33. The normalized spacial score (nSPS) is 11.7. The Hall–Kier alpha value is 0.357. The third kappa shape index (κ3) is 6.11. The van der Waals surface area contributed by atoms with Crippen LogP contribution in [-0.2, 0) is 0 Å². The Kier molecular flexibility index (Phi) is 12.6. The summed E-state index contributed by atoms with van der Waals surface area (Å²) in [6, 6.07) is 5.57. The Morgan fingerprint density at radius 3 is 2.21 bits per heavy atom. The zero-order chi connectivity index (χ0) is 12.8. The first-order chi connectivity index (χ1) is 8.13. The molecule has 0 aliphatic heterocycles. The minimum Gasteiger partial charge on any atom is -0.358 e. The number of benzene rings is 1. The molecular formula is C15H22Cl2LiN-2. The van der Waals surface area contributed by atoms with Crippen molar-refractivity contribution in [3.8, 4) is 0 Å². The molecule has 0 bridgehead atoms. The van der Waals surface area contributed by atoms with E-state index < -0.39 is 0 Å². The van der Waals surface area contributed by atoms with Crippen molar-refractivity contribution in [2.24, 2.45) is 11.7 Å². The maximum absolute atomic E-state index is 6.24. The second-order valence-corrected chi connectivity index (χ2v) is 5.03. The van der Waals surface area contributed by atoms with E-state index in [0.29, 0.717) is 23.4 Å². The SMILES string of the molecule is [CH2-]CC(C[CH2-])[C@@H](CCN)c1cc(Cl)ccc1Cl.[CH3-].[Li+]. The predicted octanol–water partition coefficient (Wildman–Crippen LogP) is 1.94. The van der Waals surface area contributed by atoms with Crippen LogP contribution in [0.1, 0.15) is 30.7 Å². The fourth-order valence-corrected chi connectivity index (χ4v) is 2.61. The molecule has 0 spiro atoms. The molecule has 2 N–H and O–H groups in total. The van der Waals surface area contributed by atoms with Crippen LogP contribution in [0, 0.1) is 27.2 Å². The van der Waals surface area contributed by atoms with Gasteiger partial charge in [-0.1, -0.05) is 29.1 Å². The molecule has 104 valence electrons. The van der Waals surface area contributed by atoms with Crippen LogP contribution >= 0.6 is 23.2 Å². The van der Waals surface area contributed by atoms with Gasteiger partial charge < -0.3 is 27.0 Å². The summed E-state index contributed by atoms with van der Waals surface area (Å²) in [7, 11) is 0. The zero-order valence-electron chi connectivity index (χ0n) is 12.0. The molecule has 1 rings (SSSR count). The predicted molar refractivity (Wildman–Crippen MR) is 82.7 cm³/mol. The van der Waals surface area contributed by atoms with Gasteiger partial charge >= 0.3 is 18.9 Å². The third-order valence-corrected chi connectivity index (χ3v) is 3.73. The number of hydrogen-bond donors (Lipinski definition) is 1. The molecular weight excluding hydrogens is 272 g/mol. The van der Waals surface area contributed by atoms with Crippen LogP contribution in [0.25, 0.3) is 0 Å². The van der Waals surface area contributed by atoms with Crippen molar-refractivity contribution in [3.63, 3.8) is 0 Å². The molecule has 1 atom stereocenters. The van der Waals surface area contributed by atoms with Gasteiger partial charge in [0.15, 0.2) is 0 Å². The second kappa shape index (κ2) is 11.1. The second-order valence-electron chi connectivity index (χ2n) is 4.19. The van der Waals surface area contributed by atoms with Gasteiger partial charge in [-0.15, -0.1) is 0 Å². The number of halogens is 2. The summed E-state index contributed by atoms with van der Waals surface area (Å²) < 4.78 is 0. The molecule has 1 nitrogen and oxygen atoms in total. The molecule has 1 aromatic rings. The van der Waals surface area contributed by atoms with Gasteiger partial charge in [-0.25, -0.2) is 0 Å². The number of nitrogens with two attached hydrogens (primary N) is 1. The number of hydrogen-bond acceptors (Lipinski definition) is 1. The fourth-order valence-electron chi connectivity index (χ4n) is 2.17. The molecule has 0 aliphatic carbocycles. The van der Waals surface area contributed by atoms with E-state index >= 15 is 0 Å². The van der Waals surface area contributed by atoms with Crippen LogP contribution in [0.5, 0.6) is 0 Å². The molecule has 0 fully saturated rings. The zero-order valence-corrected chi connectivity index (χ0v) is 13.5. The largest absolute Gasteiger partial charge is 1.00 e. The van der Waals surface area contributed by atoms with E-state index in [-0.39, 0.29) is 26.3 Å². The third-order valence-electron chi connectivity index (χ3n) is 3.15. The first-order valence-electron chi connectivity index (χ1n) is 5.87. The topological polar surface area (TPSA) is 26.0 Å². The Morgan fingerprint density at radius 2 is 1.74 bits per heavy atom. The Morgan fingerprint density at radius 1 is 1.16 bits per heavy atom. The standard InChI is InChI=1S/C14H19Cl2N.CH3.Li/c1-3-10(4-2)12(7-8-17)13-9-11(15)5-6-14(13)16;;/h5-6,9-10,12H,1-4,7-8,17H2;1H3;/q-2;-1;+1/t12-;;/m1../s1. The first-order valence-corrected chi connectivity index (χ1v) is 6.63. The molecule has 0 radical (unpaired) electrons. The van der Waals surface area contributed by atoms with Gasteiger partial charge in [0.25, 0.3) is 0 Å². The Labute approximate surface area is 140 Å². The Balaban J connectivity index is 0. The molecule has 19 heavy (non-hydrogen) atoms. The minimum atomic E-state index is 0. The molecule has 0 saturated carbocycles. The van der Waals surface area contributed by atoms with Crippen LogP contribution in [0.3, 0.4) is 0 Å². The maximum atomic E-state index is 6.24. The monoisotopic (exact) mass is 293 g/mol. The summed E-state index contributed by atoms with van der Waals surface area (Å²) in [6.07, 6.45) is 2.55. The van der Waals surface area contributed by atoms with Gasteiger partial charge in [0.2, 0.25) is 0 Å². The van der Waals surface area contributed by atoms with Crippen molar-refractivity contribution < 1.29 is 18.9 Å². The smallest absolute Gasteiger partial charge is 0.358 e. The van der Waals surface area contributed by atoms with E-state index in [2.05, 4.69) is 13.8 Å². The molecule has 0 amide bonds. The van der Waals surface area contributed by atoms with E-state index in [4.69, 9.17) is 28.9 Å². The summed E-state index contributed by atoms with van der Waals surface area (Å²) in [5, 5.41) is 1.46. The molecule has 1 aromatic carbocycles. The molecule has 0 aromatic heterocycles. The molecule has 0 saturated heterocycles. The van der Waals surface area contributed by atoms with Crippen LogP contribution in [0.2, 0.25) is 10.0 Å². The quantitative estimate of drug-likeness (QED) is 0.630. The Bertz CT molecular complexity index is 354. The van der Waals surface area contributed by atoms with Gasteiger partial charge in [0.1, 0.15) is 0 Å². The summed E-state index contributed by atoms with van der Waals surface area (Å²) >= 11 is 12.3. The fraction of sp³-hybridized carbons (Fsp3) is 0.400. The minimum absolute atomic E-state index is 0. The molecule has 0 heterocycles. The van der Waals surface area contributed by atoms with E-state index in [1.54, 1.807) is 6.07 Å². The van der Waals surface area contributed by atoms with Crippen LogP contribution in [-0.4, -0.2) is 6.54 Å². The molecule has 0 aliphatic rings. The van der Waals surface area contributed by atoms with Gasteiger partial charge in [0.05, 0.1) is 0 Å². The van der Waals surface area contributed by atoms with Gasteiger partial charge in [-0.05, 0) is 42.6 Å². The summed E-state index contributed by atoms with van der Waals surface area (Å²) in [6.45, 7) is 8.59. The van der Waals surface area contributed by atoms with E-state index in [0.717, 1.165) is 29.8 Å². The van der Waals surface area contributed by atoms with Crippen molar-refractivity contribution in [1.82, 2.24) is 0 Å². The molecule has 4 heteroatoms. The van der Waals surface area contributed by atoms with Crippen LogP contribution < -0.4 is 24.6 Å². The summed E-state index contributed by atoms with van der Waals surface area (Å²) in [4.78, 5) is 0. The van der Waals surface area contributed by atoms with Crippen molar-refractivity contribution in [3.05, 3.63) is 55.1 Å². The van der Waals surface area contributed by atoms with E-state index in [1.807, 2.05) is 12.1 Å². The van der Waals surface area contributed by atoms with Crippen molar-refractivity contribution >= 4 is 23.2 Å². The van der Waals surface area contributed by atoms with E-state index in [9.17, 15) is 0 Å². The summed E-state index contributed by atoms with van der Waals surface area (Å²) in [5.41, 5.74) is 6.76.